The predicted octanol–water partition coefficient (Wildman–Crippen LogP) is 11.9. The van der Waals surface area contributed by atoms with E-state index in [2.05, 4.69) is 51.3 Å². The summed E-state index contributed by atoms with van der Waals surface area (Å²) in [5, 5.41) is 26.6. The van der Waals surface area contributed by atoms with Gasteiger partial charge in [-0.2, -0.15) is 4.31 Å². The fourth-order valence-electron chi connectivity index (χ4n) is 13.2. The molecule has 0 spiro atoms. The number of fused-ring (bicyclic) bond motifs is 5. The number of hydroxylamine groups is 1. The van der Waals surface area contributed by atoms with Crippen LogP contribution in [0.1, 0.15) is 192 Å². The summed E-state index contributed by atoms with van der Waals surface area (Å²) < 4.78 is 48.6. The van der Waals surface area contributed by atoms with Crippen molar-refractivity contribution in [3.8, 4) is 0 Å². The maximum atomic E-state index is 15.0. The first-order valence-corrected chi connectivity index (χ1v) is 28.8. The minimum Gasteiger partial charge on any atom is -0.461 e. The molecule has 0 heterocycles. The van der Waals surface area contributed by atoms with Gasteiger partial charge in [0.25, 0.3) is 0 Å². The lowest BCUT2D eigenvalue weighted by Gasteiger charge is -2.56. The lowest BCUT2D eigenvalue weighted by molar-refractivity contribution is -0.156. The minimum absolute atomic E-state index is 0.00346. The zero-order chi connectivity index (χ0) is 52.4. The zero-order valence-electron chi connectivity index (χ0n) is 45.5. The summed E-state index contributed by atoms with van der Waals surface area (Å²) in [6.45, 7) is 22.6. The third kappa shape index (κ3) is 15.6. The molecule has 1 aromatic carbocycles. The van der Waals surface area contributed by atoms with Gasteiger partial charge in [-0.05, 0) is 177 Å². The predicted molar refractivity (Wildman–Crippen MR) is 279 cm³/mol. The topological polar surface area (TPSA) is 184 Å². The molecule has 0 bridgehead atoms. The Morgan fingerprint density at radius 2 is 1.44 bits per heavy atom. The number of anilines is 1. The Morgan fingerprint density at radius 1 is 0.789 bits per heavy atom. The average Bonchev–Trinajstić information content (AvgIpc) is 3.56. The van der Waals surface area contributed by atoms with Crippen LogP contribution < -0.4 is 15.7 Å². The summed E-state index contributed by atoms with van der Waals surface area (Å²) in [5.41, 5.74) is 0.277. The average molecular weight is 1020 g/mol. The number of ether oxygens (including phenoxy) is 3. The number of allylic oxidation sites excluding steroid dienone is 1. The van der Waals surface area contributed by atoms with Crippen LogP contribution in [0.3, 0.4) is 0 Å². The van der Waals surface area contributed by atoms with E-state index in [4.69, 9.17) is 14.2 Å². The van der Waals surface area contributed by atoms with Crippen molar-refractivity contribution in [2.75, 3.05) is 31.4 Å². The van der Waals surface area contributed by atoms with Gasteiger partial charge in [0.05, 0.1) is 5.69 Å². The third-order valence-corrected chi connectivity index (χ3v) is 18.5. The van der Waals surface area contributed by atoms with Crippen LogP contribution in [0.2, 0.25) is 0 Å². The number of unbranched alkanes of at least 4 members (excludes halogenated alkanes) is 3. The van der Waals surface area contributed by atoms with Gasteiger partial charge in [0.15, 0.2) is 0 Å². The molecule has 3 fully saturated rings. The normalized spacial score (nSPS) is 26.5. The molecular formula is C56H94N4O10S. The van der Waals surface area contributed by atoms with Crippen molar-refractivity contribution in [1.82, 2.24) is 14.9 Å². The van der Waals surface area contributed by atoms with Crippen LogP contribution in [0.5, 0.6) is 0 Å². The van der Waals surface area contributed by atoms with Crippen molar-refractivity contribution in [2.24, 2.45) is 46.3 Å². The number of benzene rings is 1. The van der Waals surface area contributed by atoms with E-state index in [-0.39, 0.29) is 41.9 Å². The molecular weight excluding hydrogens is 921 g/mol. The SMILES string of the molecule is CC(C)CCC[C@@H](C)[C@H]1CC[C@H]2[C@H]3CCC=C4C[C@@H](OC(=O)[C@H](CCCNC(=O)OC(C)(C)C)N(CCCCCCNC(=O)OC(C)(C)C)S(=O)(=O)c5ccccc5N(O)CO)CC[C@]4(C)[C@H]3CC[C@]12C. The highest BCUT2D eigenvalue weighted by atomic mass is 32.2. The number of para-hydroxylation sites is 1. The highest BCUT2D eigenvalue weighted by Crippen LogP contribution is 2.67. The molecule has 4 aliphatic rings. The molecule has 3 saturated carbocycles. The summed E-state index contributed by atoms with van der Waals surface area (Å²) in [6.07, 6.45) is 16.9. The van der Waals surface area contributed by atoms with Gasteiger partial charge < -0.3 is 30.0 Å². The molecule has 71 heavy (non-hydrogen) atoms. The Hall–Kier alpha value is -3.40. The van der Waals surface area contributed by atoms with E-state index < -0.39 is 58.3 Å². The molecule has 4 N–H and O–H groups in total. The van der Waals surface area contributed by atoms with Crippen LogP contribution in [0.4, 0.5) is 15.3 Å². The summed E-state index contributed by atoms with van der Waals surface area (Å²) in [6, 6.07) is 4.57. The van der Waals surface area contributed by atoms with Gasteiger partial charge in [0.1, 0.15) is 35.0 Å². The minimum atomic E-state index is -4.53. The number of sulfonamides is 1. The van der Waals surface area contributed by atoms with Gasteiger partial charge in [-0.3, -0.25) is 10.0 Å². The maximum Gasteiger partial charge on any atom is 0.407 e. The number of esters is 1. The van der Waals surface area contributed by atoms with E-state index in [1.807, 2.05) is 0 Å². The fourth-order valence-corrected chi connectivity index (χ4v) is 15.0. The number of carbonyl (C=O) groups is 3. The van der Waals surface area contributed by atoms with Crippen molar-refractivity contribution < 1.29 is 47.3 Å². The van der Waals surface area contributed by atoms with E-state index in [0.717, 1.165) is 36.5 Å². The molecule has 404 valence electrons. The largest absolute Gasteiger partial charge is 0.461 e. The van der Waals surface area contributed by atoms with Crippen molar-refractivity contribution in [3.05, 3.63) is 35.9 Å². The first-order valence-electron chi connectivity index (χ1n) is 27.3. The van der Waals surface area contributed by atoms with E-state index >= 15 is 8.42 Å². The van der Waals surface area contributed by atoms with Crippen LogP contribution in [0.15, 0.2) is 40.8 Å². The van der Waals surface area contributed by atoms with Gasteiger partial charge in [-0.25, -0.2) is 23.1 Å². The van der Waals surface area contributed by atoms with Gasteiger partial charge in [-0.1, -0.05) is 90.5 Å². The van der Waals surface area contributed by atoms with Gasteiger partial charge in [0, 0.05) is 26.1 Å². The molecule has 0 aliphatic heterocycles. The number of aliphatic hydroxyl groups is 1. The monoisotopic (exact) mass is 1010 g/mol. The van der Waals surface area contributed by atoms with Crippen LogP contribution in [0, 0.1) is 46.3 Å². The number of nitrogens with zero attached hydrogens (tertiary/aromatic N) is 2. The number of rotatable bonds is 23. The number of hydrogen-bond acceptors (Lipinski definition) is 11. The Morgan fingerprint density at radius 3 is 2.08 bits per heavy atom. The Kier molecular flexibility index (Phi) is 20.8. The zero-order valence-corrected chi connectivity index (χ0v) is 46.3. The van der Waals surface area contributed by atoms with Crippen LogP contribution in [-0.4, -0.2) is 90.9 Å². The first-order chi connectivity index (χ1) is 33.3. The Labute approximate surface area is 428 Å². The summed E-state index contributed by atoms with van der Waals surface area (Å²) in [5.74, 6) is 3.59. The second kappa shape index (κ2) is 25.2. The quantitative estimate of drug-likeness (QED) is 0.0204. The van der Waals surface area contributed by atoms with E-state index in [1.54, 1.807) is 47.6 Å². The van der Waals surface area contributed by atoms with Crippen LogP contribution in [0.25, 0.3) is 0 Å². The summed E-state index contributed by atoms with van der Waals surface area (Å²) in [4.78, 5) is 39.5. The molecule has 2 amide bonds. The van der Waals surface area contributed by atoms with Crippen LogP contribution in [-0.2, 0) is 29.0 Å². The van der Waals surface area contributed by atoms with Crippen LogP contribution >= 0.6 is 0 Å². The number of amides is 2. The molecule has 1 aromatic rings. The van der Waals surface area contributed by atoms with Crippen molar-refractivity contribution in [2.45, 2.75) is 220 Å². The molecule has 0 radical (unpaired) electrons. The number of aliphatic hydroxyl groups excluding tert-OH is 1. The highest BCUT2D eigenvalue weighted by Gasteiger charge is 2.59. The number of hydrogen-bond donors (Lipinski definition) is 4. The van der Waals surface area contributed by atoms with Gasteiger partial charge >= 0.3 is 18.2 Å². The molecule has 14 nitrogen and oxygen atoms in total. The molecule has 9 atom stereocenters. The van der Waals surface area contributed by atoms with Gasteiger partial charge in [-0.15, -0.1) is 0 Å². The smallest absolute Gasteiger partial charge is 0.407 e. The standard InChI is InChI=1S/C56H94N4O10S/c1-39(2)21-18-22-40(3)44-28-29-45-43-24-19-23-41-37-42(30-32-55(41,10)46(43)31-33-56(44,45)11)68-50(62)48(26-20-35-58-52(64)70-54(7,8)9)60(36-17-13-12-16-34-57-51(63)69-53(4,5)6)71(66,67)49-27-15-14-25-47(49)59(65)38-61/h14-15,23,25,27,39-40,42-46,48,61,65H,12-13,16-22,24,26,28-38H2,1-11H3,(H,57,63)(H,58,64)/t40-,42+,43-,44-,45+,46+,48+,55+,56-/m1/s1. The Bertz CT molecular complexity index is 2050. The Balaban J connectivity index is 1.35. The fraction of sp³-hybridized carbons (Fsp3) is 0.804. The maximum absolute atomic E-state index is 15.0. The molecule has 4 aliphatic carbocycles. The molecule has 0 unspecified atom stereocenters. The molecule has 5 rings (SSSR count). The molecule has 0 aromatic heterocycles. The lowest BCUT2D eigenvalue weighted by atomic mass is 9.49. The number of carbonyl (C=O) groups excluding carboxylic acids is 3. The van der Waals surface area contributed by atoms with E-state index in [0.29, 0.717) is 67.4 Å². The number of alkyl carbamates (subject to hydrolysis) is 2. The van der Waals surface area contributed by atoms with Crippen molar-refractivity contribution >= 4 is 33.9 Å². The van der Waals surface area contributed by atoms with Crippen molar-refractivity contribution in [1.29, 1.82) is 0 Å². The number of nitrogens with one attached hydrogen (secondary N) is 2. The molecule has 15 heteroatoms. The first kappa shape index (κ1) is 58.5. The third-order valence-electron chi connectivity index (χ3n) is 16.6. The van der Waals surface area contributed by atoms with Crippen molar-refractivity contribution in [3.63, 3.8) is 0 Å². The second-order valence-electron chi connectivity index (χ2n) is 24.5. The second-order valence-corrected chi connectivity index (χ2v) is 26.3. The van der Waals surface area contributed by atoms with Gasteiger partial charge in [0.2, 0.25) is 10.0 Å². The summed E-state index contributed by atoms with van der Waals surface area (Å²) in [7, 11) is -4.53. The van der Waals surface area contributed by atoms with E-state index in [1.165, 1.54) is 79.4 Å². The van der Waals surface area contributed by atoms with E-state index in [9.17, 15) is 24.7 Å². The highest BCUT2D eigenvalue weighted by molar-refractivity contribution is 7.89. The lowest BCUT2D eigenvalue weighted by Crippen LogP contribution is -2.50. The molecule has 0 saturated heterocycles. The summed E-state index contributed by atoms with van der Waals surface area (Å²) >= 11 is 0.